The molecule has 3 fully saturated rings. The largest absolute Gasteiger partial charge is 0.465 e. The molecular formula is C20H32O6. The third kappa shape index (κ3) is 6.54. The summed E-state index contributed by atoms with van der Waals surface area (Å²) in [5, 5.41) is 9.62. The molecule has 6 heteroatoms. The van der Waals surface area contributed by atoms with Crippen LogP contribution in [0.5, 0.6) is 0 Å². The molecule has 0 amide bonds. The number of carbonyl (C=O) groups is 2. The lowest BCUT2D eigenvalue weighted by molar-refractivity contribution is -0.147. The minimum atomic E-state index is -0.245. The smallest absolute Gasteiger partial charge is 0.305 e. The first-order chi connectivity index (χ1) is 12.6. The van der Waals surface area contributed by atoms with Crippen LogP contribution in [0.1, 0.15) is 70.6 Å². The molecule has 2 aliphatic carbocycles. The lowest BCUT2D eigenvalue weighted by Gasteiger charge is -2.25. The van der Waals surface area contributed by atoms with Crippen LogP contribution >= 0.6 is 0 Å². The Morgan fingerprint density at radius 1 is 0.846 bits per heavy atom. The minimum absolute atomic E-state index is 0.173. The molecule has 0 bridgehead atoms. The van der Waals surface area contributed by atoms with Crippen LogP contribution in [0.2, 0.25) is 0 Å². The number of aliphatic hydroxyl groups excluding tert-OH is 1. The lowest BCUT2D eigenvalue weighted by atomic mass is 9.88. The van der Waals surface area contributed by atoms with Crippen LogP contribution in [0.4, 0.5) is 0 Å². The highest BCUT2D eigenvalue weighted by atomic mass is 16.6. The van der Waals surface area contributed by atoms with Crippen LogP contribution in [0.3, 0.4) is 0 Å². The van der Waals surface area contributed by atoms with E-state index >= 15 is 0 Å². The second-order valence-electron chi connectivity index (χ2n) is 8.15. The van der Waals surface area contributed by atoms with Gasteiger partial charge in [0.15, 0.2) is 0 Å². The quantitative estimate of drug-likeness (QED) is 0.383. The van der Waals surface area contributed by atoms with Crippen molar-refractivity contribution in [3.63, 3.8) is 0 Å². The van der Waals surface area contributed by atoms with E-state index in [2.05, 4.69) is 0 Å². The summed E-state index contributed by atoms with van der Waals surface area (Å²) in [6, 6.07) is 0. The average molecular weight is 368 g/mol. The number of aliphatic hydroxyl groups is 1. The third-order valence-corrected chi connectivity index (χ3v) is 5.84. The van der Waals surface area contributed by atoms with Gasteiger partial charge in [-0.05, 0) is 63.2 Å². The second kappa shape index (κ2) is 9.70. The van der Waals surface area contributed by atoms with Crippen molar-refractivity contribution in [2.75, 3.05) is 13.2 Å². The Labute approximate surface area is 155 Å². The number of epoxide rings is 1. The van der Waals surface area contributed by atoms with Gasteiger partial charge in [0.05, 0.1) is 31.5 Å². The summed E-state index contributed by atoms with van der Waals surface area (Å²) >= 11 is 0. The second-order valence-corrected chi connectivity index (χ2v) is 8.15. The van der Waals surface area contributed by atoms with Crippen molar-refractivity contribution in [2.24, 2.45) is 11.8 Å². The predicted octanol–water partition coefficient (Wildman–Crippen LogP) is 2.75. The molecule has 26 heavy (non-hydrogen) atoms. The molecule has 3 rings (SSSR count). The van der Waals surface area contributed by atoms with E-state index in [1.807, 2.05) is 0 Å². The van der Waals surface area contributed by atoms with Gasteiger partial charge >= 0.3 is 11.9 Å². The zero-order valence-corrected chi connectivity index (χ0v) is 15.6. The fourth-order valence-electron chi connectivity index (χ4n) is 4.16. The van der Waals surface area contributed by atoms with E-state index in [4.69, 9.17) is 14.2 Å². The Kier molecular flexibility index (Phi) is 7.32. The molecule has 3 aliphatic rings. The van der Waals surface area contributed by atoms with Crippen LogP contribution in [0, 0.1) is 11.8 Å². The lowest BCUT2D eigenvalue weighted by Crippen LogP contribution is -2.24. The maximum atomic E-state index is 11.8. The highest BCUT2D eigenvalue weighted by Gasteiger charge is 2.43. The summed E-state index contributed by atoms with van der Waals surface area (Å²) in [7, 11) is 0. The van der Waals surface area contributed by atoms with Crippen LogP contribution in [-0.2, 0) is 23.8 Å². The molecule has 0 spiro atoms. The van der Waals surface area contributed by atoms with Gasteiger partial charge in [0.2, 0.25) is 0 Å². The van der Waals surface area contributed by atoms with Crippen molar-refractivity contribution in [1.29, 1.82) is 0 Å². The van der Waals surface area contributed by atoms with E-state index in [-0.39, 0.29) is 24.0 Å². The van der Waals surface area contributed by atoms with Gasteiger partial charge in [-0.3, -0.25) is 9.59 Å². The van der Waals surface area contributed by atoms with Gasteiger partial charge in [0, 0.05) is 12.8 Å². The number of esters is 2. The number of ether oxygens (including phenoxy) is 3. The summed E-state index contributed by atoms with van der Waals surface area (Å²) < 4.78 is 16.1. The molecule has 0 radical (unpaired) electrons. The standard InChI is InChI=1S/C20H32O6/c21-16-5-3-4-14(10-16)12-24-19(22)6-1-2-7-20(23)25-13-15-8-9-17-18(11-15)26-17/h14-18,21H,1-13H2. The summed E-state index contributed by atoms with van der Waals surface area (Å²) in [4.78, 5) is 23.6. The molecular weight excluding hydrogens is 336 g/mol. The van der Waals surface area contributed by atoms with Gasteiger partial charge in [-0.15, -0.1) is 0 Å². The summed E-state index contributed by atoms with van der Waals surface area (Å²) in [6.07, 6.45) is 9.43. The third-order valence-electron chi connectivity index (χ3n) is 5.84. The van der Waals surface area contributed by atoms with E-state index in [1.165, 1.54) is 0 Å². The SMILES string of the molecule is O=C(CCCCC(=O)OCC1CCC2OC2C1)OCC1CCCC(O)C1. The summed E-state index contributed by atoms with van der Waals surface area (Å²) in [5.41, 5.74) is 0. The Balaban J connectivity index is 1.16. The molecule has 2 saturated carbocycles. The zero-order valence-electron chi connectivity index (χ0n) is 15.6. The molecule has 1 aliphatic heterocycles. The molecule has 5 atom stereocenters. The molecule has 148 valence electrons. The number of hydrogen-bond donors (Lipinski definition) is 1. The van der Waals surface area contributed by atoms with Crippen molar-refractivity contribution in [2.45, 2.75) is 88.9 Å². The van der Waals surface area contributed by atoms with Crippen molar-refractivity contribution in [3.05, 3.63) is 0 Å². The number of carbonyl (C=O) groups excluding carboxylic acids is 2. The van der Waals surface area contributed by atoms with Crippen LogP contribution in [-0.4, -0.2) is 48.6 Å². The molecule has 0 aromatic heterocycles. The molecule has 1 N–H and O–H groups in total. The monoisotopic (exact) mass is 368 g/mol. The van der Waals surface area contributed by atoms with Crippen molar-refractivity contribution < 1.29 is 28.9 Å². The number of rotatable bonds is 9. The van der Waals surface area contributed by atoms with Crippen molar-refractivity contribution in [1.82, 2.24) is 0 Å². The van der Waals surface area contributed by atoms with Crippen LogP contribution in [0.15, 0.2) is 0 Å². The predicted molar refractivity (Wildman–Crippen MR) is 94.4 cm³/mol. The molecule has 6 nitrogen and oxygen atoms in total. The van der Waals surface area contributed by atoms with Crippen LogP contribution in [0.25, 0.3) is 0 Å². The fraction of sp³-hybridized carbons (Fsp3) is 0.900. The van der Waals surface area contributed by atoms with Gasteiger partial charge in [0.1, 0.15) is 0 Å². The summed E-state index contributed by atoms with van der Waals surface area (Å²) in [6.45, 7) is 0.908. The highest BCUT2D eigenvalue weighted by molar-refractivity contribution is 5.70. The van der Waals surface area contributed by atoms with Gasteiger partial charge in [0.25, 0.3) is 0 Å². The average Bonchev–Trinajstić information content (AvgIpc) is 3.41. The van der Waals surface area contributed by atoms with E-state index < -0.39 is 0 Å². The van der Waals surface area contributed by atoms with Gasteiger partial charge in [-0.2, -0.15) is 0 Å². The van der Waals surface area contributed by atoms with Gasteiger partial charge in [-0.1, -0.05) is 6.42 Å². The fourth-order valence-corrected chi connectivity index (χ4v) is 4.16. The Bertz CT molecular complexity index is 455. The maximum Gasteiger partial charge on any atom is 0.305 e. The topological polar surface area (TPSA) is 85.4 Å². The first-order valence-corrected chi connectivity index (χ1v) is 10.2. The van der Waals surface area contributed by atoms with E-state index in [0.717, 1.165) is 44.9 Å². The van der Waals surface area contributed by atoms with E-state index in [0.29, 0.717) is 57.0 Å². The van der Waals surface area contributed by atoms with Crippen molar-refractivity contribution in [3.8, 4) is 0 Å². The normalized spacial score (nSPS) is 33.2. The number of fused-ring (bicyclic) bond motifs is 1. The first kappa shape index (κ1) is 19.6. The molecule has 0 aromatic carbocycles. The maximum absolute atomic E-state index is 11.8. The number of hydrogen-bond acceptors (Lipinski definition) is 6. The van der Waals surface area contributed by atoms with Gasteiger partial charge in [-0.25, -0.2) is 0 Å². The van der Waals surface area contributed by atoms with E-state index in [9.17, 15) is 14.7 Å². The first-order valence-electron chi connectivity index (χ1n) is 10.2. The zero-order chi connectivity index (χ0) is 18.4. The Hall–Kier alpha value is -1.14. The highest BCUT2D eigenvalue weighted by Crippen LogP contribution is 2.39. The summed E-state index contributed by atoms with van der Waals surface area (Å²) in [5.74, 6) is 0.345. The van der Waals surface area contributed by atoms with Crippen molar-refractivity contribution >= 4 is 11.9 Å². The van der Waals surface area contributed by atoms with E-state index in [1.54, 1.807) is 0 Å². The van der Waals surface area contributed by atoms with Crippen LogP contribution < -0.4 is 0 Å². The number of unbranched alkanes of at least 4 members (excludes halogenated alkanes) is 1. The van der Waals surface area contributed by atoms with Gasteiger partial charge < -0.3 is 19.3 Å². The molecule has 1 heterocycles. The Morgan fingerprint density at radius 2 is 1.50 bits per heavy atom. The minimum Gasteiger partial charge on any atom is -0.465 e. The molecule has 5 unspecified atom stereocenters. The Morgan fingerprint density at radius 3 is 2.12 bits per heavy atom. The molecule has 1 saturated heterocycles. The molecule has 0 aromatic rings.